The van der Waals surface area contributed by atoms with Crippen LogP contribution in [0.5, 0.6) is 5.75 Å². The summed E-state index contributed by atoms with van der Waals surface area (Å²) in [7, 11) is 0. The summed E-state index contributed by atoms with van der Waals surface area (Å²) >= 11 is 0. The minimum Gasteiger partial charge on any atom is -0.493 e. The van der Waals surface area contributed by atoms with E-state index in [-0.39, 0.29) is 12.6 Å². The van der Waals surface area contributed by atoms with Crippen LogP contribution in [0.4, 0.5) is 10.5 Å². The van der Waals surface area contributed by atoms with Crippen molar-refractivity contribution in [1.29, 1.82) is 0 Å². The number of benzene rings is 1. The second-order valence-electron chi connectivity index (χ2n) is 7.36. The van der Waals surface area contributed by atoms with Crippen molar-refractivity contribution in [3.8, 4) is 5.75 Å². The number of likely N-dealkylation sites (tertiary alicyclic amines) is 1. The Labute approximate surface area is 153 Å². The lowest BCUT2D eigenvalue weighted by Crippen LogP contribution is -2.37. The maximum atomic E-state index is 12.3. The Morgan fingerprint density at radius 1 is 1.31 bits per heavy atom. The van der Waals surface area contributed by atoms with E-state index in [1.807, 2.05) is 12.1 Å². The molecule has 2 amide bonds. The Balaban J connectivity index is 1.48. The maximum absolute atomic E-state index is 12.3. The highest BCUT2D eigenvalue weighted by Gasteiger charge is 2.42. The number of urea groups is 1. The van der Waals surface area contributed by atoms with Gasteiger partial charge in [0, 0.05) is 32.0 Å². The number of anilines is 1. The topological polar surface area (TPSA) is 88.1 Å². The molecule has 0 saturated carbocycles. The number of carboxylic acid groups (broad SMARTS) is 1. The number of aliphatic carboxylic acids is 1. The zero-order valence-electron chi connectivity index (χ0n) is 15.1. The quantitative estimate of drug-likeness (QED) is 0.841. The second kappa shape index (κ2) is 7.95. The van der Waals surface area contributed by atoms with Crippen LogP contribution >= 0.6 is 0 Å². The van der Waals surface area contributed by atoms with Gasteiger partial charge in [0.25, 0.3) is 0 Å². The molecule has 3 rings (SSSR count). The van der Waals surface area contributed by atoms with E-state index in [2.05, 4.69) is 5.32 Å². The lowest BCUT2D eigenvalue weighted by Gasteiger charge is -2.22. The SMILES string of the molecule is CC1(C(=O)O)CCN(C(=O)Nc2ccc(OCC3CCOCC3)cc2)C1. The van der Waals surface area contributed by atoms with Crippen LogP contribution in [0.2, 0.25) is 0 Å². The van der Waals surface area contributed by atoms with Gasteiger partial charge in [0.2, 0.25) is 0 Å². The molecule has 1 aromatic rings. The van der Waals surface area contributed by atoms with Crippen LogP contribution in [0.1, 0.15) is 26.2 Å². The number of hydrogen-bond acceptors (Lipinski definition) is 4. The van der Waals surface area contributed by atoms with Crippen LogP contribution in [-0.2, 0) is 9.53 Å². The van der Waals surface area contributed by atoms with Gasteiger partial charge >= 0.3 is 12.0 Å². The van der Waals surface area contributed by atoms with E-state index >= 15 is 0 Å². The van der Waals surface area contributed by atoms with Crippen molar-refractivity contribution >= 4 is 17.7 Å². The van der Waals surface area contributed by atoms with Crippen molar-refractivity contribution in [3.63, 3.8) is 0 Å². The summed E-state index contributed by atoms with van der Waals surface area (Å²) in [4.78, 5) is 25.2. The first kappa shape index (κ1) is 18.5. The maximum Gasteiger partial charge on any atom is 0.321 e. The number of amides is 2. The highest BCUT2D eigenvalue weighted by Crippen LogP contribution is 2.30. The van der Waals surface area contributed by atoms with E-state index in [4.69, 9.17) is 9.47 Å². The molecule has 7 heteroatoms. The number of carbonyl (C=O) groups excluding carboxylic acids is 1. The van der Waals surface area contributed by atoms with Crippen LogP contribution < -0.4 is 10.1 Å². The molecule has 142 valence electrons. The molecular weight excluding hydrogens is 336 g/mol. The first-order valence-corrected chi connectivity index (χ1v) is 9.06. The van der Waals surface area contributed by atoms with Gasteiger partial charge in [-0.25, -0.2) is 4.79 Å². The summed E-state index contributed by atoms with van der Waals surface area (Å²) in [5.74, 6) is 0.440. The number of hydrogen-bond donors (Lipinski definition) is 2. The van der Waals surface area contributed by atoms with Crippen molar-refractivity contribution in [2.45, 2.75) is 26.2 Å². The molecule has 0 aliphatic carbocycles. The van der Waals surface area contributed by atoms with E-state index in [0.29, 0.717) is 31.2 Å². The van der Waals surface area contributed by atoms with E-state index in [1.54, 1.807) is 24.0 Å². The predicted molar refractivity (Wildman–Crippen MR) is 96.4 cm³/mol. The van der Waals surface area contributed by atoms with E-state index in [1.165, 1.54) is 0 Å². The van der Waals surface area contributed by atoms with Crippen LogP contribution in [-0.4, -0.2) is 54.9 Å². The number of carboxylic acids is 1. The van der Waals surface area contributed by atoms with Gasteiger partial charge < -0.3 is 24.8 Å². The van der Waals surface area contributed by atoms with Gasteiger partial charge in [-0.2, -0.15) is 0 Å². The van der Waals surface area contributed by atoms with Crippen LogP contribution in [0, 0.1) is 11.3 Å². The smallest absolute Gasteiger partial charge is 0.321 e. The molecule has 7 nitrogen and oxygen atoms in total. The summed E-state index contributed by atoms with van der Waals surface area (Å²) in [6.45, 7) is 4.62. The molecule has 1 unspecified atom stereocenters. The van der Waals surface area contributed by atoms with Crippen molar-refractivity contribution in [1.82, 2.24) is 4.90 Å². The lowest BCUT2D eigenvalue weighted by atomic mass is 9.90. The van der Waals surface area contributed by atoms with Crippen molar-refractivity contribution < 1.29 is 24.2 Å². The third kappa shape index (κ3) is 4.46. The molecule has 0 aromatic heterocycles. The number of nitrogens with one attached hydrogen (secondary N) is 1. The molecule has 2 aliphatic heterocycles. The largest absolute Gasteiger partial charge is 0.493 e. The third-order valence-corrected chi connectivity index (χ3v) is 5.21. The van der Waals surface area contributed by atoms with Gasteiger partial charge in [0.05, 0.1) is 12.0 Å². The first-order chi connectivity index (χ1) is 12.5. The van der Waals surface area contributed by atoms with Gasteiger partial charge in [-0.1, -0.05) is 0 Å². The minimum absolute atomic E-state index is 0.223. The zero-order chi connectivity index (χ0) is 18.6. The zero-order valence-corrected chi connectivity index (χ0v) is 15.1. The monoisotopic (exact) mass is 362 g/mol. The fourth-order valence-corrected chi connectivity index (χ4v) is 3.27. The summed E-state index contributed by atoms with van der Waals surface area (Å²) in [6, 6.07) is 6.99. The Hall–Kier alpha value is -2.28. The van der Waals surface area contributed by atoms with E-state index in [9.17, 15) is 14.7 Å². The third-order valence-electron chi connectivity index (χ3n) is 5.21. The average Bonchev–Trinajstić information content (AvgIpc) is 3.06. The summed E-state index contributed by atoms with van der Waals surface area (Å²) in [6.07, 6.45) is 2.52. The van der Waals surface area contributed by atoms with Crippen molar-refractivity contribution in [2.24, 2.45) is 11.3 Å². The van der Waals surface area contributed by atoms with Gasteiger partial charge in [-0.05, 0) is 56.4 Å². The second-order valence-corrected chi connectivity index (χ2v) is 7.36. The first-order valence-electron chi connectivity index (χ1n) is 9.06. The lowest BCUT2D eigenvalue weighted by molar-refractivity contribution is -0.146. The normalized spacial score (nSPS) is 23.7. The highest BCUT2D eigenvalue weighted by atomic mass is 16.5. The fraction of sp³-hybridized carbons (Fsp3) is 0.579. The van der Waals surface area contributed by atoms with Crippen LogP contribution in [0.15, 0.2) is 24.3 Å². The summed E-state index contributed by atoms with van der Waals surface area (Å²) in [5.41, 5.74) is -0.198. The number of nitrogens with zero attached hydrogens (tertiary/aromatic N) is 1. The fourth-order valence-electron chi connectivity index (χ4n) is 3.27. The van der Waals surface area contributed by atoms with E-state index in [0.717, 1.165) is 31.8 Å². The molecule has 2 fully saturated rings. The summed E-state index contributed by atoms with van der Waals surface area (Å²) in [5, 5.41) is 12.1. The minimum atomic E-state index is -0.862. The number of carbonyl (C=O) groups is 2. The van der Waals surface area contributed by atoms with Gasteiger partial charge in [-0.15, -0.1) is 0 Å². The number of ether oxygens (including phenoxy) is 2. The molecule has 26 heavy (non-hydrogen) atoms. The molecule has 1 aromatic carbocycles. The Morgan fingerprint density at radius 2 is 2.00 bits per heavy atom. The molecule has 0 bridgehead atoms. The molecule has 0 spiro atoms. The van der Waals surface area contributed by atoms with Crippen LogP contribution in [0.3, 0.4) is 0 Å². The van der Waals surface area contributed by atoms with E-state index < -0.39 is 11.4 Å². The molecule has 1 atom stereocenters. The Bertz CT molecular complexity index is 642. The van der Waals surface area contributed by atoms with Gasteiger partial charge in [0.1, 0.15) is 5.75 Å². The standard InChI is InChI=1S/C19H26N2O5/c1-19(17(22)23)8-9-21(13-19)18(24)20-15-2-4-16(5-3-15)26-12-14-6-10-25-11-7-14/h2-5,14H,6-13H2,1H3,(H,20,24)(H,22,23). The van der Waals surface area contributed by atoms with Crippen molar-refractivity contribution in [3.05, 3.63) is 24.3 Å². The van der Waals surface area contributed by atoms with Gasteiger partial charge in [-0.3, -0.25) is 4.79 Å². The molecule has 2 aliphatic rings. The molecule has 2 N–H and O–H groups in total. The Morgan fingerprint density at radius 3 is 2.62 bits per heavy atom. The predicted octanol–water partition coefficient (Wildman–Crippen LogP) is 2.82. The van der Waals surface area contributed by atoms with Gasteiger partial charge in [0.15, 0.2) is 0 Å². The Kier molecular flexibility index (Phi) is 5.66. The molecular formula is C19H26N2O5. The highest BCUT2D eigenvalue weighted by molar-refractivity contribution is 5.90. The molecule has 2 saturated heterocycles. The molecule has 2 heterocycles. The van der Waals surface area contributed by atoms with Crippen LogP contribution in [0.25, 0.3) is 0 Å². The summed E-state index contributed by atoms with van der Waals surface area (Å²) < 4.78 is 11.2. The number of rotatable bonds is 5. The van der Waals surface area contributed by atoms with Crippen molar-refractivity contribution in [2.75, 3.05) is 38.2 Å². The molecule has 0 radical (unpaired) electrons. The average molecular weight is 362 g/mol.